The van der Waals surface area contributed by atoms with Crippen LogP contribution in [0.3, 0.4) is 0 Å². The van der Waals surface area contributed by atoms with Gasteiger partial charge in [-0.15, -0.1) is 0 Å². The fraction of sp³-hybridized carbons (Fsp3) is 0.241. The van der Waals surface area contributed by atoms with Crippen molar-refractivity contribution in [3.8, 4) is 11.1 Å². The van der Waals surface area contributed by atoms with Gasteiger partial charge in [-0.2, -0.15) is 0 Å². The Balaban J connectivity index is 1.64. The standard InChI is InChI=1S/C29H27F2N3O/c1-17-25(30)14-21(15-26(17)31)20-8-9-27-23(13-20)28(24(16-33-27)29(35)19-6-7-19)34-22-5-3-4-18(12-22)10-11-32-2/h3-5,8-9,12-16,19,32H,6-7,10-11H2,1-2H3,(H,33,34). The Morgan fingerprint density at radius 3 is 2.51 bits per heavy atom. The number of likely N-dealkylation sites (N-methyl/N-ethyl adjacent to an activating group) is 1. The molecule has 1 aliphatic carbocycles. The summed E-state index contributed by atoms with van der Waals surface area (Å²) < 4.78 is 28.6. The Morgan fingerprint density at radius 2 is 1.80 bits per heavy atom. The largest absolute Gasteiger partial charge is 0.354 e. The lowest BCUT2D eigenvalue weighted by molar-refractivity contribution is 0.0968. The summed E-state index contributed by atoms with van der Waals surface area (Å²) in [5, 5.41) is 7.37. The number of pyridine rings is 1. The third kappa shape index (κ3) is 4.80. The predicted octanol–water partition coefficient (Wildman–Crippen LogP) is 6.59. The van der Waals surface area contributed by atoms with Crippen LogP contribution in [0.25, 0.3) is 22.0 Å². The zero-order valence-corrected chi connectivity index (χ0v) is 19.8. The van der Waals surface area contributed by atoms with E-state index in [0.29, 0.717) is 27.9 Å². The minimum Gasteiger partial charge on any atom is -0.354 e. The lowest BCUT2D eigenvalue weighted by Crippen LogP contribution is -2.10. The first kappa shape index (κ1) is 23.1. The number of halogens is 2. The molecule has 4 nitrogen and oxygen atoms in total. The zero-order valence-electron chi connectivity index (χ0n) is 19.8. The summed E-state index contributed by atoms with van der Waals surface area (Å²) in [6, 6.07) is 16.2. The number of nitrogens with one attached hydrogen (secondary N) is 2. The highest BCUT2D eigenvalue weighted by Crippen LogP contribution is 2.39. The monoisotopic (exact) mass is 471 g/mol. The van der Waals surface area contributed by atoms with Crippen molar-refractivity contribution in [3.05, 3.63) is 89.1 Å². The summed E-state index contributed by atoms with van der Waals surface area (Å²) in [6.07, 6.45) is 4.29. The van der Waals surface area contributed by atoms with Crippen LogP contribution >= 0.6 is 0 Å². The van der Waals surface area contributed by atoms with Crippen molar-refractivity contribution in [2.45, 2.75) is 26.2 Å². The van der Waals surface area contributed by atoms with Crippen LogP contribution in [0.5, 0.6) is 0 Å². The molecule has 1 fully saturated rings. The summed E-state index contributed by atoms with van der Waals surface area (Å²) in [5.74, 6) is -1.08. The quantitative estimate of drug-likeness (QED) is 0.285. The lowest BCUT2D eigenvalue weighted by atomic mass is 9.98. The van der Waals surface area contributed by atoms with Gasteiger partial charge < -0.3 is 10.6 Å². The van der Waals surface area contributed by atoms with E-state index in [1.54, 1.807) is 12.3 Å². The second-order valence-electron chi connectivity index (χ2n) is 9.16. The smallest absolute Gasteiger partial charge is 0.169 e. The van der Waals surface area contributed by atoms with Crippen LogP contribution in [0.4, 0.5) is 20.2 Å². The maximum atomic E-state index is 14.3. The summed E-state index contributed by atoms with van der Waals surface area (Å²) in [4.78, 5) is 17.7. The van der Waals surface area contributed by atoms with Gasteiger partial charge in [0.15, 0.2) is 5.78 Å². The van der Waals surface area contributed by atoms with Gasteiger partial charge in [0, 0.05) is 28.8 Å². The molecule has 3 aromatic carbocycles. The number of ketones is 1. The molecule has 35 heavy (non-hydrogen) atoms. The molecule has 0 atom stereocenters. The molecule has 1 aromatic heterocycles. The fourth-order valence-electron chi connectivity index (χ4n) is 4.29. The van der Waals surface area contributed by atoms with Crippen LogP contribution < -0.4 is 10.6 Å². The number of anilines is 2. The topological polar surface area (TPSA) is 54.0 Å². The summed E-state index contributed by atoms with van der Waals surface area (Å²) in [7, 11) is 1.92. The van der Waals surface area contributed by atoms with Gasteiger partial charge in [0.1, 0.15) is 11.6 Å². The normalized spacial score (nSPS) is 13.3. The molecule has 0 saturated heterocycles. The molecule has 1 saturated carbocycles. The van der Waals surface area contributed by atoms with Crippen molar-refractivity contribution in [2.75, 3.05) is 18.9 Å². The van der Waals surface area contributed by atoms with Crippen LogP contribution in [-0.2, 0) is 6.42 Å². The average Bonchev–Trinajstić information content (AvgIpc) is 3.71. The Hall–Kier alpha value is -3.64. The highest BCUT2D eigenvalue weighted by atomic mass is 19.1. The van der Waals surface area contributed by atoms with Gasteiger partial charge in [0.2, 0.25) is 0 Å². The maximum Gasteiger partial charge on any atom is 0.169 e. The molecule has 0 aliphatic heterocycles. The van der Waals surface area contributed by atoms with Crippen molar-refractivity contribution in [2.24, 2.45) is 5.92 Å². The second-order valence-corrected chi connectivity index (χ2v) is 9.16. The second kappa shape index (κ2) is 9.55. The van der Waals surface area contributed by atoms with E-state index >= 15 is 0 Å². The Bertz CT molecular complexity index is 1410. The SMILES string of the molecule is CNCCc1cccc(Nc2c(C(=O)C3CC3)cnc3ccc(-c4cc(F)c(C)c(F)c4)cc23)c1. The number of carbonyl (C=O) groups excluding carboxylic acids is 1. The van der Waals surface area contributed by atoms with E-state index in [0.717, 1.165) is 36.9 Å². The number of benzene rings is 3. The molecule has 4 aromatic rings. The Kier molecular flexibility index (Phi) is 6.31. The number of aromatic nitrogens is 1. The van der Waals surface area contributed by atoms with Gasteiger partial charge in [-0.3, -0.25) is 9.78 Å². The van der Waals surface area contributed by atoms with E-state index in [1.807, 2.05) is 31.3 Å². The van der Waals surface area contributed by atoms with E-state index in [2.05, 4.69) is 27.8 Å². The minimum absolute atomic E-state index is 0.00553. The molecule has 6 heteroatoms. The zero-order chi connectivity index (χ0) is 24.5. The number of hydrogen-bond donors (Lipinski definition) is 2. The number of nitrogens with zero attached hydrogens (tertiary/aromatic N) is 1. The highest BCUT2D eigenvalue weighted by molar-refractivity contribution is 6.11. The average molecular weight is 472 g/mol. The summed E-state index contributed by atoms with van der Waals surface area (Å²) in [6.45, 7) is 2.28. The Labute approximate surface area is 203 Å². The minimum atomic E-state index is -0.590. The number of rotatable bonds is 8. The number of hydrogen-bond acceptors (Lipinski definition) is 4. The molecule has 0 radical (unpaired) electrons. The number of Topliss-reactive ketones (excluding diaryl/α,β-unsaturated/α-hetero) is 1. The van der Waals surface area contributed by atoms with Crippen molar-refractivity contribution in [3.63, 3.8) is 0 Å². The van der Waals surface area contributed by atoms with Crippen LogP contribution in [0.15, 0.2) is 60.8 Å². The fourth-order valence-corrected chi connectivity index (χ4v) is 4.29. The third-order valence-corrected chi connectivity index (χ3v) is 6.56. The summed E-state index contributed by atoms with van der Waals surface area (Å²) >= 11 is 0. The van der Waals surface area contributed by atoms with Gasteiger partial charge in [0.25, 0.3) is 0 Å². The van der Waals surface area contributed by atoms with E-state index < -0.39 is 11.6 Å². The van der Waals surface area contributed by atoms with Crippen LogP contribution in [0.1, 0.15) is 34.3 Å². The van der Waals surface area contributed by atoms with Gasteiger partial charge in [-0.1, -0.05) is 18.2 Å². The maximum absolute atomic E-state index is 14.3. The van der Waals surface area contributed by atoms with Crippen molar-refractivity contribution in [1.82, 2.24) is 10.3 Å². The number of carbonyl (C=O) groups is 1. The molecule has 178 valence electrons. The predicted molar refractivity (Wildman–Crippen MR) is 136 cm³/mol. The van der Waals surface area contributed by atoms with E-state index in [-0.39, 0.29) is 17.3 Å². The first-order valence-electron chi connectivity index (χ1n) is 11.9. The van der Waals surface area contributed by atoms with Crippen LogP contribution in [0, 0.1) is 24.5 Å². The molecule has 5 rings (SSSR count). The van der Waals surface area contributed by atoms with Gasteiger partial charge in [-0.25, -0.2) is 8.78 Å². The molecule has 0 bridgehead atoms. The molecule has 0 spiro atoms. The van der Waals surface area contributed by atoms with Crippen molar-refractivity contribution >= 4 is 28.1 Å². The van der Waals surface area contributed by atoms with Gasteiger partial charge >= 0.3 is 0 Å². The van der Waals surface area contributed by atoms with Gasteiger partial charge in [0.05, 0.1) is 16.8 Å². The molecular formula is C29H27F2N3O. The third-order valence-electron chi connectivity index (χ3n) is 6.56. The van der Waals surface area contributed by atoms with Crippen molar-refractivity contribution < 1.29 is 13.6 Å². The summed E-state index contributed by atoms with van der Waals surface area (Å²) in [5.41, 5.74) is 5.03. The Morgan fingerprint density at radius 1 is 1.03 bits per heavy atom. The van der Waals surface area contributed by atoms with Crippen LogP contribution in [-0.4, -0.2) is 24.4 Å². The van der Waals surface area contributed by atoms with E-state index in [1.165, 1.54) is 24.6 Å². The highest BCUT2D eigenvalue weighted by Gasteiger charge is 2.32. The van der Waals surface area contributed by atoms with Crippen molar-refractivity contribution in [1.29, 1.82) is 0 Å². The van der Waals surface area contributed by atoms with Gasteiger partial charge in [-0.05, 0) is 92.9 Å². The number of fused-ring (bicyclic) bond motifs is 1. The van der Waals surface area contributed by atoms with Crippen LogP contribution in [0.2, 0.25) is 0 Å². The molecule has 0 unspecified atom stereocenters. The first-order chi connectivity index (χ1) is 16.9. The molecular weight excluding hydrogens is 444 g/mol. The lowest BCUT2D eigenvalue weighted by Gasteiger charge is -2.16. The molecule has 2 N–H and O–H groups in total. The first-order valence-corrected chi connectivity index (χ1v) is 11.9. The van der Waals surface area contributed by atoms with E-state index in [9.17, 15) is 13.6 Å². The molecule has 1 heterocycles. The molecule has 1 aliphatic rings. The molecule has 0 amide bonds. The van der Waals surface area contributed by atoms with E-state index in [4.69, 9.17) is 0 Å².